The first-order valence-corrected chi connectivity index (χ1v) is 10.3. The van der Waals surface area contributed by atoms with Gasteiger partial charge in [-0.25, -0.2) is 0 Å². The topological polar surface area (TPSA) is 96.5 Å². The van der Waals surface area contributed by atoms with E-state index in [0.717, 1.165) is 5.56 Å². The molecule has 1 amide bonds. The van der Waals surface area contributed by atoms with Crippen LogP contribution in [0.2, 0.25) is 5.02 Å². The molecular weight excluding hydrogens is 440 g/mol. The van der Waals surface area contributed by atoms with Crippen LogP contribution in [-0.2, 0) is 4.79 Å². The van der Waals surface area contributed by atoms with Crippen LogP contribution < -0.4 is 15.6 Å². The molecule has 0 atom stereocenters. The fraction of sp³-hybridized carbons (Fsp3) is 0.0400. The number of ether oxygens (including phenoxy) is 1. The highest BCUT2D eigenvalue weighted by Crippen LogP contribution is 2.26. The number of nitrogens with one attached hydrogen (secondary N) is 1. The number of anilines is 1. The lowest BCUT2D eigenvalue weighted by atomic mass is 10.1. The molecule has 2 aromatic heterocycles. The van der Waals surface area contributed by atoms with Gasteiger partial charge in [-0.2, -0.15) is 10.2 Å². The smallest absolute Gasteiger partial charge is 0.269 e. The second-order valence-electron chi connectivity index (χ2n) is 7.06. The molecular formula is C25H17ClN4O3. The van der Waals surface area contributed by atoms with Crippen molar-refractivity contribution in [3.8, 4) is 17.7 Å². The summed E-state index contributed by atoms with van der Waals surface area (Å²) in [6, 6.07) is 20.6. The van der Waals surface area contributed by atoms with Crippen molar-refractivity contribution >= 4 is 34.9 Å². The van der Waals surface area contributed by atoms with Crippen LogP contribution in [-0.4, -0.2) is 15.3 Å². The molecule has 0 aliphatic heterocycles. The van der Waals surface area contributed by atoms with E-state index in [1.807, 2.05) is 25.1 Å². The monoisotopic (exact) mass is 456 g/mol. The van der Waals surface area contributed by atoms with Crippen molar-refractivity contribution in [2.45, 2.75) is 6.92 Å². The van der Waals surface area contributed by atoms with Crippen molar-refractivity contribution in [1.29, 1.82) is 5.26 Å². The van der Waals surface area contributed by atoms with Crippen LogP contribution in [0.1, 0.15) is 11.1 Å². The summed E-state index contributed by atoms with van der Waals surface area (Å²) in [7, 11) is 0. The minimum Gasteiger partial charge on any atom is -0.438 e. The molecule has 162 valence electrons. The molecule has 0 radical (unpaired) electrons. The van der Waals surface area contributed by atoms with Gasteiger partial charge in [0.15, 0.2) is 0 Å². The van der Waals surface area contributed by atoms with Crippen LogP contribution in [0.25, 0.3) is 11.7 Å². The number of nitrogens with zero attached hydrogens (tertiary/aromatic N) is 3. The number of aryl methyl sites for hydroxylation is 1. The summed E-state index contributed by atoms with van der Waals surface area (Å²) in [5.41, 5.74) is 0.876. The summed E-state index contributed by atoms with van der Waals surface area (Å²) in [6.45, 7) is 1.86. The lowest BCUT2D eigenvalue weighted by molar-refractivity contribution is -0.112. The van der Waals surface area contributed by atoms with E-state index in [-0.39, 0.29) is 17.0 Å². The highest BCUT2D eigenvalue weighted by molar-refractivity contribution is 6.30. The average molecular weight is 457 g/mol. The van der Waals surface area contributed by atoms with Crippen LogP contribution >= 0.6 is 11.6 Å². The Kier molecular flexibility index (Phi) is 6.20. The number of aromatic nitrogens is 2. The Balaban J connectivity index is 1.81. The Labute approximate surface area is 194 Å². The highest BCUT2D eigenvalue weighted by Gasteiger charge is 2.18. The van der Waals surface area contributed by atoms with Gasteiger partial charge in [0.1, 0.15) is 28.6 Å². The number of hydrogen-bond donors (Lipinski definition) is 1. The molecule has 0 aliphatic rings. The summed E-state index contributed by atoms with van der Waals surface area (Å²) in [5, 5.41) is 12.8. The van der Waals surface area contributed by atoms with E-state index in [2.05, 4.69) is 10.3 Å². The predicted molar refractivity (Wildman–Crippen MR) is 126 cm³/mol. The van der Waals surface area contributed by atoms with Crippen LogP contribution in [0.5, 0.6) is 11.6 Å². The number of nitriles is 1. The minimum atomic E-state index is -0.681. The lowest BCUT2D eigenvalue weighted by Gasteiger charge is -2.12. The van der Waals surface area contributed by atoms with Gasteiger partial charge in [0, 0.05) is 16.9 Å². The van der Waals surface area contributed by atoms with E-state index in [1.165, 1.54) is 10.5 Å². The Bertz CT molecular complexity index is 1480. The summed E-state index contributed by atoms with van der Waals surface area (Å²) < 4.78 is 7.28. The quantitative estimate of drug-likeness (QED) is 0.337. The lowest BCUT2D eigenvalue weighted by Crippen LogP contribution is -2.20. The second kappa shape index (κ2) is 9.39. The van der Waals surface area contributed by atoms with Gasteiger partial charge in [0.2, 0.25) is 5.88 Å². The molecule has 0 aliphatic carbocycles. The van der Waals surface area contributed by atoms with Crippen molar-refractivity contribution < 1.29 is 9.53 Å². The van der Waals surface area contributed by atoms with Crippen molar-refractivity contribution in [3.05, 3.63) is 105 Å². The zero-order valence-electron chi connectivity index (χ0n) is 17.4. The SMILES string of the molecule is Cc1ccccc1Oc1nc2ccccn2c(=O)c1/C=C(/C#N)C(=O)Nc1ccc(Cl)cc1. The van der Waals surface area contributed by atoms with Crippen LogP contribution in [0, 0.1) is 18.3 Å². The number of carbonyl (C=O) groups is 1. The standard InChI is InChI=1S/C25H17ClN4O3/c1-16-6-2-3-7-21(16)33-24-20(25(32)30-13-5-4-8-22(30)29-24)14-17(15-27)23(31)28-19-11-9-18(26)10-12-19/h2-14H,1H3,(H,28,31)/b17-14-. The normalized spacial score (nSPS) is 11.1. The molecule has 0 saturated heterocycles. The fourth-order valence-corrected chi connectivity index (χ4v) is 3.21. The number of para-hydroxylation sites is 1. The molecule has 0 spiro atoms. The third-order valence-electron chi connectivity index (χ3n) is 4.79. The largest absolute Gasteiger partial charge is 0.438 e. The maximum absolute atomic E-state index is 13.2. The Morgan fingerprint density at radius 1 is 1.12 bits per heavy atom. The van der Waals surface area contributed by atoms with E-state index in [4.69, 9.17) is 16.3 Å². The first-order chi connectivity index (χ1) is 16.0. The minimum absolute atomic E-state index is 0.00690. The summed E-state index contributed by atoms with van der Waals surface area (Å²) in [6.07, 6.45) is 2.74. The van der Waals surface area contributed by atoms with E-state index in [0.29, 0.717) is 22.1 Å². The van der Waals surface area contributed by atoms with Crippen molar-refractivity contribution in [1.82, 2.24) is 9.38 Å². The molecule has 1 N–H and O–H groups in total. The van der Waals surface area contributed by atoms with E-state index in [1.54, 1.807) is 60.8 Å². The van der Waals surface area contributed by atoms with Gasteiger partial charge in [0.25, 0.3) is 11.5 Å². The third-order valence-corrected chi connectivity index (χ3v) is 5.04. The number of halogens is 1. The Morgan fingerprint density at radius 3 is 2.58 bits per heavy atom. The number of amides is 1. The molecule has 2 aromatic carbocycles. The Hall–Kier alpha value is -4.41. The van der Waals surface area contributed by atoms with Gasteiger partial charge in [-0.05, 0) is 61.0 Å². The van der Waals surface area contributed by atoms with Gasteiger partial charge >= 0.3 is 0 Å². The van der Waals surface area contributed by atoms with Gasteiger partial charge in [-0.1, -0.05) is 35.9 Å². The van der Waals surface area contributed by atoms with Crippen molar-refractivity contribution in [3.63, 3.8) is 0 Å². The molecule has 2 heterocycles. The van der Waals surface area contributed by atoms with Gasteiger partial charge < -0.3 is 10.1 Å². The molecule has 4 aromatic rings. The average Bonchev–Trinajstić information content (AvgIpc) is 2.82. The number of rotatable bonds is 5. The summed E-state index contributed by atoms with van der Waals surface area (Å²) in [5.74, 6) is -0.185. The predicted octanol–water partition coefficient (Wildman–Crippen LogP) is 4.99. The van der Waals surface area contributed by atoms with Crippen LogP contribution in [0.3, 0.4) is 0 Å². The summed E-state index contributed by atoms with van der Waals surface area (Å²) >= 11 is 5.87. The highest BCUT2D eigenvalue weighted by atomic mass is 35.5. The maximum Gasteiger partial charge on any atom is 0.269 e. The number of carbonyl (C=O) groups excluding carboxylic acids is 1. The van der Waals surface area contributed by atoms with Crippen LogP contribution in [0.15, 0.2) is 83.3 Å². The van der Waals surface area contributed by atoms with Crippen molar-refractivity contribution in [2.75, 3.05) is 5.32 Å². The molecule has 0 unspecified atom stereocenters. The van der Waals surface area contributed by atoms with Gasteiger partial charge in [-0.15, -0.1) is 0 Å². The zero-order valence-corrected chi connectivity index (χ0v) is 18.2. The molecule has 33 heavy (non-hydrogen) atoms. The first kappa shape index (κ1) is 21.8. The first-order valence-electron chi connectivity index (χ1n) is 9.90. The number of fused-ring (bicyclic) bond motifs is 1. The van der Waals surface area contributed by atoms with E-state index < -0.39 is 11.5 Å². The molecule has 0 bridgehead atoms. The molecule has 4 rings (SSSR count). The van der Waals surface area contributed by atoms with Crippen molar-refractivity contribution in [2.24, 2.45) is 0 Å². The van der Waals surface area contributed by atoms with E-state index in [9.17, 15) is 14.9 Å². The third kappa shape index (κ3) is 4.76. The Morgan fingerprint density at radius 2 is 1.85 bits per heavy atom. The fourth-order valence-electron chi connectivity index (χ4n) is 3.08. The molecule has 0 saturated carbocycles. The number of hydrogen-bond acceptors (Lipinski definition) is 5. The van der Waals surface area contributed by atoms with Crippen LogP contribution in [0.4, 0.5) is 5.69 Å². The second-order valence-corrected chi connectivity index (χ2v) is 7.50. The molecule has 0 fully saturated rings. The molecule has 8 heteroatoms. The number of pyridine rings is 1. The van der Waals surface area contributed by atoms with Gasteiger partial charge in [-0.3, -0.25) is 14.0 Å². The summed E-state index contributed by atoms with van der Waals surface area (Å²) in [4.78, 5) is 30.4. The van der Waals surface area contributed by atoms with Gasteiger partial charge in [0.05, 0.1) is 0 Å². The molecule has 7 nitrogen and oxygen atoms in total. The zero-order chi connectivity index (χ0) is 23.4. The number of benzene rings is 2. The maximum atomic E-state index is 13.2. The van der Waals surface area contributed by atoms with E-state index >= 15 is 0 Å².